The number of carbonyl (C=O) groups excluding carboxylic acids is 1. The smallest absolute Gasteiger partial charge is 0.368 e. The first-order valence-corrected chi connectivity index (χ1v) is 9.42. The number of hydrogen-bond donors (Lipinski definition) is 2. The average molecular weight is 429 g/mol. The van der Waals surface area contributed by atoms with Crippen LogP contribution in [0.15, 0.2) is 36.5 Å². The Labute approximate surface area is 173 Å². The minimum atomic E-state index is -4.50. The molecule has 0 saturated carbocycles. The Morgan fingerprint density at radius 1 is 1.24 bits per heavy atom. The van der Waals surface area contributed by atoms with Crippen LogP contribution in [0.2, 0.25) is 5.02 Å². The molecule has 0 aliphatic heterocycles. The van der Waals surface area contributed by atoms with Crippen LogP contribution < -0.4 is 10.6 Å². The molecule has 0 aliphatic rings. The predicted octanol–water partition coefficient (Wildman–Crippen LogP) is 4.28. The lowest BCUT2D eigenvalue weighted by Gasteiger charge is -2.25. The maximum Gasteiger partial charge on any atom is 0.417 e. The topological polar surface area (TPSA) is 57.3 Å². The van der Waals surface area contributed by atoms with Crippen LogP contribution in [0, 0.1) is 6.92 Å². The molecule has 1 aromatic carbocycles. The van der Waals surface area contributed by atoms with Crippen LogP contribution in [0.5, 0.6) is 0 Å². The Bertz CT molecular complexity index is 825. The summed E-state index contributed by atoms with van der Waals surface area (Å²) in [5.41, 5.74) is 1.34. The molecular formula is C20H24ClF3N4O. The number of halogens is 4. The van der Waals surface area contributed by atoms with E-state index in [0.717, 1.165) is 17.2 Å². The highest BCUT2D eigenvalue weighted by Crippen LogP contribution is 2.32. The highest BCUT2D eigenvalue weighted by molar-refractivity contribution is 6.32. The number of aromatic nitrogens is 1. The number of rotatable bonds is 8. The SMILES string of the molecule is Cc1ccc(C(CNC(=O)CCNc2ncc(C(F)(F)F)cc2Cl)N(C)C)cc1. The van der Waals surface area contributed by atoms with Gasteiger partial charge in [0.05, 0.1) is 16.6 Å². The van der Waals surface area contributed by atoms with E-state index in [-0.39, 0.29) is 35.8 Å². The number of nitrogens with one attached hydrogen (secondary N) is 2. The van der Waals surface area contributed by atoms with E-state index in [0.29, 0.717) is 12.7 Å². The molecule has 5 nitrogen and oxygen atoms in total. The second kappa shape index (κ2) is 9.93. The third kappa shape index (κ3) is 6.90. The lowest BCUT2D eigenvalue weighted by Crippen LogP contribution is -2.35. The fraction of sp³-hybridized carbons (Fsp3) is 0.400. The molecule has 1 aromatic heterocycles. The number of hydrogen-bond acceptors (Lipinski definition) is 4. The molecule has 9 heteroatoms. The summed E-state index contributed by atoms with van der Waals surface area (Å²) in [4.78, 5) is 17.9. The van der Waals surface area contributed by atoms with E-state index in [2.05, 4.69) is 15.6 Å². The van der Waals surface area contributed by atoms with Crippen LogP contribution in [0.3, 0.4) is 0 Å². The lowest BCUT2D eigenvalue weighted by atomic mass is 10.0. The Kier molecular flexibility index (Phi) is 7.87. The van der Waals surface area contributed by atoms with Gasteiger partial charge in [0.15, 0.2) is 0 Å². The molecule has 1 heterocycles. The summed E-state index contributed by atoms with van der Waals surface area (Å²) >= 11 is 5.84. The molecule has 1 unspecified atom stereocenters. The van der Waals surface area contributed by atoms with Gasteiger partial charge in [0.2, 0.25) is 5.91 Å². The Morgan fingerprint density at radius 2 is 1.90 bits per heavy atom. The van der Waals surface area contributed by atoms with Crippen molar-refractivity contribution in [2.45, 2.75) is 25.6 Å². The number of carbonyl (C=O) groups is 1. The summed E-state index contributed by atoms with van der Waals surface area (Å²) in [6.45, 7) is 2.65. The maximum atomic E-state index is 12.6. The number of amides is 1. The number of aryl methyl sites for hydroxylation is 1. The Balaban J connectivity index is 1.84. The number of likely N-dealkylation sites (N-methyl/N-ethyl adjacent to an activating group) is 1. The number of alkyl halides is 3. The van der Waals surface area contributed by atoms with Gasteiger partial charge >= 0.3 is 6.18 Å². The van der Waals surface area contributed by atoms with Gasteiger partial charge in [-0.05, 0) is 32.6 Å². The molecule has 0 bridgehead atoms. The first kappa shape index (κ1) is 23.0. The quantitative estimate of drug-likeness (QED) is 0.658. The summed E-state index contributed by atoms with van der Waals surface area (Å²) in [7, 11) is 3.88. The molecule has 0 saturated heterocycles. The highest BCUT2D eigenvalue weighted by atomic mass is 35.5. The summed E-state index contributed by atoms with van der Waals surface area (Å²) in [5.74, 6) is -0.0715. The van der Waals surface area contributed by atoms with Crippen molar-refractivity contribution in [2.24, 2.45) is 0 Å². The summed E-state index contributed by atoms with van der Waals surface area (Å²) < 4.78 is 37.9. The summed E-state index contributed by atoms with van der Waals surface area (Å²) in [5, 5.41) is 5.53. The number of nitrogens with zero attached hydrogens (tertiary/aromatic N) is 2. The van der Waals surface area contributed by atoms with Gasteiger partial charge in [-0.2, -0.15) is 13.2 Å². The third-order valence-electron chi connectivity index (χ3n) is 4.39. The molecule has 0 spiro atoms. The highest BCUT2D eigenvalue weighted by Gasteiger charge is 2.31. The monoisotopic (exact) mass is 428 g/mol. The minimum Gasteiger partial charge on any atom is -0.368 e. The second-order valence-corrected chi connectivity index (χ2v) is 7.33. The van der Waals surface area contributed by atoms with Crippen molar-refractivity contribution in [1.29, 1.82) is 0 Å². The zero-order valence-electron chi connectivity index (χ0n) is 16.5. The zero-order chi connectivity index (χ0) is 21.6. The fourth-order valence-electron chi connectivity index (χ4n) is 2.70. The standard InChI is InChI=1S/C20H24ClF3N4O/c1-13-4-6-14(7-5-13)17(28(2)3)12-26-18(29)8-9-25-19-16(21)10-15(11-27-19)20(22,23)24/h4-7,10-11,17H,8-9,12H2,1-3H3,(H,25,27)(H,26,29). The van der Waals surface area contributed by atoms with E-state index < -0.39 is 11.7 Å². The molecule has 2 N–H and O–H groups in total. The van der Waals surface area contributed by atoms with E-state index >= 15 is 0 Å². The van der Waals surface area contributed by atoms with Crippen molar-refractivity contribution >= 4 is 23.3 Å². The molecule has 158 valence electrons. The van der Waals surface area contributed by atoms with Gasteiger partial charge in [-0.15, -0.1) is 0 Å². The van der Waals surface area contributed by atoms with Crippen molar-refractivity contribution in [2.75, 3.05) is 32.5 Å². The van der Waals surface area contributed by atoms with E-state index in [1.54, 1.807) is 0 Å². The van der Waals surface area contributed by atoms with Gasteiger partial charge in [0, 0.05) is 25.7 Å². The van der Waals surface area contributed by atoms with Crippen molar-refractivity contribution in [3.8, 4) is 0 Å². The van der Waals surface area contributed by atoms with E-state index in [4.69, 9.17) is 11.6 Å². The van der Waals surface area contributed by atoms with E-state index in [9.17, 15) is 18.0 Å². The largest absolute Gasteiger partial charge is 0.417 e. The Morgan fingerprint density at radius 3 is 2.45 bits per heavy atom. The molecule has 2 aromatic rings. The summed E-state index contributed by atoms with van der Waals surface area (Å²) in [6, 6.07) is 8.95. The van der Waals surface area contributed by atoms with Crippen LogP contribution in [-0.2, 0) is 11.0 Å². The van der Waals surface area contributed by atoms with E-state index in [1.807, 2.05) is 50.2 Å². The summed E-state index contributed by atoms with van der Waals surface area (Å²) in [6.07, 6.45) is -3.67. The molecule has 0 fully saturated rings. The first-order valence-electron chi connectivity index (χ1n) is 9.04. The van der Waals surface area contributed by atoms with Crippen LogP contribution in [0.25, 0.3) is 0 Å². The number of pyridine rings is 1. The second-order valence-electron chi connectivity index (χ2n) is 6.92. The molecule has 1 amide bonds. The average Bonchev–Trinajstić information content (AvgIpc) is 2.63. The van der Waals surface area contributed by atoms with Crippen molar-refractivity contribution in [3.63, 3.8) is 0 Å². The van der Waals surface area contributed by atoms with Crippen molar-refractivity contribution in [3.05, 3.63) is 58.2 Å². The molecule has 29 heavy (non-hydrogen) atoms. The lowest BCUT2D eigenvalue weighted by molar-refractivity contribution is -0.137. The van der Waals surface area contributed by atoms with Crippen molar-refractivity contribution in [1.82, 2.24) is 15.2 Å². The number of anilines is 1. The molecular weight excluding hydrogens is 405 g/mol. The van der Waals surface area contributed by atoms with Crippen LogP contribution in [-0.4, -0.2) is 43.0 Å². The van der Waals surface area contributed by atoms with Gasteiger partial charge in [-0.1, -0.05) is 41.4 Å². The van der Waals surface area contributed by atoms with Crippen molar-refractivity contribution < 1.29 is 18.0 Å². The van der Waals surface area contributed by atoms with Gasteiger partial charge in [0.1, 0.15) is 5.82 Å². The van der Waals surface area contributed by atoms with Gasteiger partial charge in [-0.25, -0.2) is 4.98 Å². The maximum absolute atomic E-state index is 12.6. The minimum absolute atomic E-state index is 0.0264. The molecule has 2 rings (SSSR count). The number of benzene rings is 1. The fourth-order valence-corrected chi connectivity index (χ4v) is 2.94. The van der Waals surface area contributed by atoms with Crippen LogP contribution >= 0.6 is 11.6 Å². The van der Waals surface area contributed by atoms with Gasteiger partial charge < -0.3 is 15.5 Å². The van der Waals surface area contributed by atoms with Crippen LogP contribution in [0.1, 0.15) is 29.2 Å². The Hall–Kier alpha value is -2.32. The van der Waals surface area contributed by atoms with Gasteiger partial charge in [-0.3, -0.25) is 4.79 Å². The van der Waals surface area contributed by atoms with Gasteiger partial charge in [0.25, 0.3) is 0 Å². The normalized spacial score (nSPS) is 12.7. The van der Waals surface area contributed by atoms with E-state index in [1.165, 1.54) is 0 Å². The van der Waals surface area contributed by atoms with Crippen LogP contribution in [0.4, 0.5) is 19.0 Å². The molecule has 0 aliphatic carbocycles. The molecule has 0 radical (unpaired) electrons. The first-order chi connectivity index (χ1) is 13.6. The molecule has 1 atom stereocenters. The zero-order valence-corrected chi connectivity index (χ0v) is 17.2. The predicted molar refractivity (Wildman–Crippen MR) is 108 cm³/mol. The third-order valence-corrected chi connectivity index (χ3v) is 4.68.